The lowest BCUT2D eigenvalue weighted by molar-refractivity contribution is 0.170. The zero-order chi connectivity index (χ0) is 13.1. The molecule has 2 heterocycles. The molecule has 1 saturated heterocycles. The Morgan fingerprint density at radius 3 is 2.84 bits per heavy atom. The predicted octanol–water partition coefficient (Wildman–Crippen LogP) is 2.97. The van der Waals surface area contributed by atoms with E-state index in [4.69, 9.17) is 0 Å². The van der Waals surface area contributed by atoms with Gasteiger partial charge in [0.15, 0.2) is 0 Å². The van der Waals surface area contributed by atoms with Crippen molar-refractivity contribution in [1.29, 1.82) is 0 Å². The molecule has 1 aromatic rings. The fourth-order valence-electron chi connectivity index (χ4n) is 3.89. The van der Waals surface area contributed by atoms with Crippen LogP contribution in [0.2, 0.25) is 0 Å². The van der Waals surface area contributed by atoms with Gasteiger partial charge < -0.3 is 5.32 Å². The third kappa shape index (κ3) is 2.85. The van der Waals surface area contributed by atoms with Crippen molar-refractivity contribution >= 4 is 0 Å². The van der Waals surface area contributed by atoms with Gasteiger partial charge in [0.1, 0.15) is 0 Å². The SMILES string of the molecule is CCCC1(CN2CCc3ccccc3C2)CCCN1. The standard InChI is InChI=1S/C17H26N2/c1-2-9-17(10-5-11-18-17)14-19-12-8-15-6-3-4-7-16(15)13-19/h3-4,6-7,18H,2,5,8-14H2,1H3. The summed E-state index contributed by atoms with van der Waals surface area (Å²) in [4.78, 5) is 2.66. The molecule has 2 heteroatoms. The van der Waals surface area contributed by atoms with Crippen LogP contribution in [-0.2, 0) is 13.0 Å². The lowest BCUT2D eigenvalue weighted by Crippen LogP contribution is -2.50. The van der Waals surface area contributed by atoms with Gasteiger partial charge in [0.05, 0.1) is 0 Å². The van der Waals surface area contributed by atoms with E-state index in [2.05, 4.69) is 41.4 Å². The van der Waals surface area contributed by atoms with Crippen LogP contribution < -0.4 is 5.32 Å². The van der Waals surface area contributed by atoms with E-state index in [0.29, 0.717) is 5.54 Å². The van der Waals surface area contributed by atoms with E-state index in [-0.39, 0.29) is 0 Å². The van der Waals surface area contributed by atoms with Crippen molar-refractivity contribution < 1.29 is 0 Å². The van der Waals surface area contributed by atoms with Gasteiger partial charge in [-0.3, -0.25) is 4.90 Å². The van der Waals surface area contributed by atoms with Crippen LogP contribution in [0, 0.1) is 0 Å². The Balaban J connectivity index is 1.68. The Bertz CT molecular complexity index is 421. The third-order valence-electron chi connectivity index (χ3n) is 4.80. The molecule has 0 saturated carbocycles. The highest BCUT2D eigenvalue weighted by Gasteiger charge is 2.34. The lowest BCUT2D eigenvalue weighted by atomic mass is 9.90. The van der Waals surface area contributed by atoms with Crippen molar-refractivity contribution in [2.75, 3.05) is 19.6 Å². The Morgan fingerprint density at radius 2 is 2.11 bits per heavy atom. The van der Waals surface area contributed by atoms with Crippen molar-refractivity contribution in [3.63, 3.8) is 0 Å². The molecule has 2 nitrogen and oxygen atoms in total. The largest absolute Gasteiger partial charge is 0.310 e. The number of hydrogen-bond donors (Lipinski definition) is 1. The summed E-state index contributed by atoms with van der Waals surface area (Å²) in [7, 11) is 0. The predicted molar refractivity (Wildman–Crippen MR) is 80.3 cm³/mol. The minimum absolute atomic E-state index is 0.404. The van der Waals surface area contributed by atoms with Crippen LogP contribution in [0.3, 0.4) is 0 Å². The molecular weight excluding hydrogens is 232 g/mol. The summed E-state index contributed by atoms with van der Waals surface area (Å²) in [5.41, 5.74) is 3.50. The van der Waals surface area contributed by atoms with E-state index >= 15 is 0 Å². The van der Waals surface area contributed by atoms with Crippen LogP contribution in [0.4, 0.5) is 0 Å². The number of rotatable bonds is 4. The van der Waals surface area contributed by atoms with Gasteiger partial charge in [0, 0.05) is 25.2 Å². The molecule has 104 valence electrons. The molecule has 1 N–H and O–H groups in total. The Kier molecular flexibility index (Phi) is 3.90. The van der Waals surface area contributed by atoms with Crippen LogP contribution in [0.25, 0.3) is 0 Å². The Labute approximate surface area is 117 Å². The zero-order valence-electron chi connectivity index (χ0n) is 12.1. The summed E-state index contributed by atoms with van der Waals surface area (Å²) in [6.07, 6.45) is 6.55. The minimum Gasteiger partial charge on any atom is -0.310 e. The molecule has 1 unspecified atom stereocenters. The van der Waals surface area contributed by atoms with E-state index < -0.39 is 0 Å². The molecule has 3 rings (SSSR count). The Hall–Kier alpha value is -0.860. The second-order valence-electron chi connectivity index (χ2n) is 6.29. The second-order valence-corrected chi connectivity index (χ2v) is 6.29. The fourth-order valence-corrected chi connectivity index (χ4v) is 3.89. The normalized spacial score (nSPS) is 27.4. The summed E-state index contributed by atoms with van der Waals surface area (Å²) < 4.78 is 0. The van der Waals surface area contributed by atoms with E-state index in [1.165, 1.54) is 51.7 Å². The lowest BCUT2D eigenvalue weighted by Gasteiger charge is -2.38. The van der Waals surface area contributed by atoms with Crippen molar-refractivity contribution in [2.45, 2.75) is 51.1 Å². The molecule has 1 fully saturated rings. The van der Waals surface area contributed by atoms with Crippen molar-refractivity contribution in [3.05, 3.63) is 35.4 Å². The first-order valence-corrected chi connectivity index (χ1v) is 7.85. The quantitative estimate of drug-likeness (QED) is 0.893. The number of nitrogens with one attached hydrogen (secondary N) is 1. The average Bonchev–Trinajstić information content (AvgIpc) is 2.87. The van der Waals surface area contributed by atoms with Crippen LogP contribution in [0.5, 0.6) is 0 Å². The summed E-state index contributed by atoms with van der Waals surface area (Å²) in [6, 6.07) is 8.95. The minimum atomic E-state index is 0.404. The van der Waals surface area contributed by atoms with E-state index in [9.17, 15) is 0 Å². The molecule has 0 aromatic heterocycles. The molecule has 0 aliphatic carbocycles. The van der Waals surface area contributed by atoms with Crippen LogP contribution in [0.15, 0.2) is 24.3 Å². The average molecular weight is 258 g/mol. The fraction of sp³-hybridized carbons (Fsp3) is 0.647. The van der Waals surface area contributed by atoms with E-state index in [1.54, 1.807) is 11.1 Å². The van der Waals surface area contributed by atoms with Gasteiger partial charge in [-0.15, -0.1) is 0 Å². The monoisotopic (exact) mass is 258 g/mol. The summed E-state index contributed by atoms with van der Waals surface area (Å²) in [6.45, 7) is 7.13. The molecule has 0 spiro atoms. The number of fused-ring (bicyclic) bond motifs is 1. The summed E-state index contributed by atoms with van der Waals surface area (Å²) >= 11 is 0. The maximum Gasteiger partial charge on any atom is 0.0309 e. The zero-order valence-corrected chi connectivity index (χ0v) is 12.1. The number of hydrogen-bond acceptors (Lipinski definition) is 2. The molecular formula is C17H26N2. The molecule has 0 bridgehead atoms. The molecule has 2 aliphatic rings. The highest BCUT2D eigenvalue weighted by Crippen LogP contribution is 2.28. The maximum atomic E-state index is 3.80. The molecule has 1 aromatic carbocycles. The van der Waals surface area contributed by atoms with Gasteiger partial charge in [0.2, 0.25) is 0 Å². The van der Waals surface area contributed by atoms with Gasteiger partial charge >= 0.3 is 0 Å². The summed E-state index contributed by atoms with van der Waals surface area (Å²) in [5.74, 6) is 0. The van der Waals surface area contributed by atoms with Crippen LogP contribution in [0.1, 0.15) is 43.7 Å². The molecule has 1 atom stereocenters. The molecule has 19 heavy (non-hydrogen) atoms. The van der Waals surface area contributed by atoms with Gasteiger partial charge in [-0.25, -0.2) is 0 Å². The van der Waals surface area contributed by atoms with Crippen molar-refractivity contribution in [1.82, 2.24) is 10.2 Å². The maximum absolute atomic E-state index is 3.80. The molecule has 2 aliphatic heterocycles. The highest BCUT2D eigenvalue weighted by atomic mass is 15.2. The van der Waals surface area contributed by atoms with Gasteiger partial charge in [-0.1, -0.05) is 37.6 Å². The van der Waals surface area contributed by atoms with Crippen molar-refractivity contribution in [2.24, 2.45) is 0 Å². The van der Waals surface area contributed by atoms with Crippen LogP contribution in [-0.4, -0.2) is 30.1 Å². The molecule has 0 amide bonds. The topological polar surface area (TPSA) is 15.3 Å². The van der Waals surface area contributed by atoms with Crippen LogP contribution >= 0.6 is 0 Å². The van der Waals surface area contributed by atoms with E-state index in [0.717, 1.165) is 6.54 Å². The van der Waals surface area contributed by atoms with Gasteiger partial charge in [-0.2, -0.15) is 0 Å². The summed E-state index contributed by atoms with van der Waals surface area (Å²) in [5, 5.41) is 3.80. The van der Waals surface area contributed by atoms with Crippen molar-refractivity contribution in [3.8, 4) is 0 Å². The Morgan fingerprint density at radius 1 is 1.26 bits per heavy atom. The van der Waals surface area contributed by atoms with Gasteiger partial charge in [0.25, 0.3) is 0 Å². The highest BCUT2D eigenvalue weighted by molar-refractivity contribution is 5.29. The second kappa shape index (κ2) is 5.64. The van der Waals surface area contributed by atoms with Gasteiger partial charge in [-0.05, 0) is 43.4 Å². The smallest absolute Gasteiger partial charge is 0.0309 e. The number of benzene rings is 1. The first kappa shape index (κ1) is 13.1. The van der Waals surface area contributed by atoms with E-state index in [1.807, 2.05) is 0 Å². The first-order chi connectivity index (χ1) is 9.31. The number of nitrogens with zero attached hydrogens (tertiary/aromatic N) is 1. The first-order valence-electron chi connectivity index (χ1n) is 7.85. The third-order valence-corrected chi connectivity index (χ3v) is 4.80. The molecule has 0 radical (unpaired) electrons.